The van der Waals surface area contributed by atoms with Crippen LogP contribution in [0.15, 0.2) is 0 Å². The molecular formula is C12H21NO5. The Balaban J connectivity index is 2.81. The minimum absolute atomic E-state index is 0.0375. The van der Waals surface area contributed by atoms with Crippen LogP contribution in [0.3, 0.4) is 0 Å². The number of aliphatic hydroxyl groups excluding tert-OH is 1. The van der Waals surface area contributed by atoms with E-state index in [0.29, 0.717) is 0 Å². The standard InChI is InChI=1S/C12H21NO5/c1-11(2,3)18-10(16)12(13)6-7(5-8(12)14)9(15)17-4/h7-8,14H,5-6,13H2,1-4H3. The van der Waals surface area contributed by atoms with Gasteiger partial charge in [0.05, 0.1) is 19.1 Å². The number of rotatable bonds is 2. The lowest BCUT2D eigenvalue weighted by atomic mass is 9.95. The molecule has 6 heteroatoms. The minimum Gasteiger partial charge on any atom is -0.469 e. The predicted octanol–water partition coefficient (Wildman–Crippen LogP) is -0.0305. The molecule has 0 saturated heterocycles. The Hall–Kier alpha value is -1.14. The van der Waals surface area contributed by atoms with Gasteiger partial charge >= 0.3 is 11.9 Å². The van der Waals surface area contributed by atoms with Crippen molar-refractivity contribution in [2.75, 3.05) is 7.11 Å². The Bertz CT molecular complexity index is 349. The molecule has 1 aliphatic carbocycles. The highest BCUT2D eigenvalue weighted by Crippen LogP contribution is 2.35. The maximum Gasteiger partial charge on any atom is 0.329 e. The van der Waals surface area contributed by atoms with Gasteiger partial charge < -0.3 is 20.3 Å². The first-order valence-electron chi connectivity index (χ1n) is 5.88. The molecule has 3 N–H and O–H groups in total. The summed E-state index contributed by atoms with van der Waals surface area (Å²) in [6.45, 7) is 5.15. The van der Waals surface area contributed by atoms with Crippen molar-refractivity contribution in [2.24, 2.45) is 11.7 Å². The lowest BCUT2D eigenvalue weighted by Crippen LogP contribution is -2.56. The van der Waals surface area contributed by atoms with Crippen molar-refractivity contribution in [2.45, 2.75) is 50.9 Å². The van der Waals surface area contributed by atoms with Gasteiger partial charge in [-0.15, -0.1) is 0 Å². The Morgan fingerprint density at radius 2 is 1.94 bits per heavy atom. The number of methoxy groups -OCH3 is 1. The smallest absolute Gasteiger partial charge is 0.329 e. The van der Waals surface area contributed by atoms with Gasteiger partial charge in [0.2, 0.25) is 0 Å². The van der Waals surface area contributed by atoms with E-state index in [4.69, 9.17) is 10.5 Å². The van der Waals surface area contributed by atoms with Crippen LogP contribution in [0.1, 0.15) is 33.6 Å². The summed E-state index contributed by atoms with van der Waals surface area (Å²) >= 11 is 0. The molecule has 0 heterocycles. The first kappa shape index (κ1) is 14.9. The molecule has 3 unspecified atom stereocenters. The van der Waals surface area contributed by atoms with Gasteiger partial charge in [-0.3, -0.25) is 4.79 Å². The SMILES string of the molecule is COC(=O)C1CC(O)C(N)(C(=O)OC(C)(C)C)C1. The van der Waals surface area contributed by atoms with Gasteiger partial charge in [0.15, 0.2) is 0 Å². The maximum absolute atomic E-state index is 12.0. The summed E-state index contributed by atoms with van der Waals surface area (Å²) in [6, 6.07) is 0. The van der Waals surface area contributed by atoms with E-state index in [1.165, 1.54) is 7.11 Å². The molecule has 0 bridgehead atoms. The summed E-state index contributed by atoms with van der Waals surface area (Å²) < 4.78 is 9.78. The van der Waals surface area contributed by atoms with Gasteiger partial charge in [-0.2, -0.15) is 0 Å². The van der Waals surface area contributed by atoms with E-state index >= 15 is 0 Å². The van der Waals surface area contributed by atoms with Gasteiger partial charge in [0, 0.05) is 0 Å². The minimum atomic E-state index is -1.54. The van der Waals surface area contributed by atoms with E-state index in [2.05, 4.69) is 4.74 Å². The normalized spacial score (nSPS) is 32.1. The van der Waals surface area contributed by atoms with Crippen LogP contribution in [0.4, 0.5) is 0 Å². The third kappa shape index (κ3) is 3.00. The highest BCUT2D eigenvalue weighted by Gasteiger charge is 2.53. The number of nitrogens with two attached hydrogens (primary N) is 1. The first-order chi connectivity index (χ1) is 8.10. The third-order valence-corrected chi connectivity index (χ3v) is 3.00. The molecule has 3 atom stereocenters. The molecule has 0 spiro atoms. The van der Waals surface area contributed by atoms with E-state index < -0.39 is 35.1 Å². The van der Waals surface area contributed by atoms with Crippen LogP contribution in [-0.2, 0) is 19.1 Å². The number of hydrogen-bond acceptors (Lipinski definition) is 6. The van der Waals surface area contributed by atoms with E-state index in [9.17, 15) is 14.7 Å². The molecule has 0 amide bonds. The third-order valence-electron chi connectivity index (χ3n) is 3.00. The Kier molecular flexibility index (Phi) is 4.02. The van der Waals surface area contributed by atoms with Crippen molar-refractivity contribution in [1.82, 2.24) is 0 Å². The Morgan fingerprint density at radius 1 is 1.39 bits per heavy atom. The van der Waals surface area contributed by atoms with Gasteiger partial charge in [-0.1, -0.05) is 0 Å². The molecule has 0 radical (unpaired) electrons. The Labute approximate surface area is 106 Å². The zero-order valence-corrected chi connectivity index (χ0v) is 11.2. The van der Waals surface area contributed by atoms with Crippen molar-refractivity contribution in [3.05, 3.63) is 0 Å². The summed E-state index contributed by atoms with van der Waals surface area (Å²) in [4.78, 5) is 23.4. The van der Waals surface area contributed by atoms with Crippen molar-refractivity contribution in [1.29, 1.82) is 0 Å². The van der Waals surface area contributed by atoms with Gasteiger partial charge in [-0.05, 0) is 33.6 Å². The van der Waals surface area contributed by atoms with E-state index in [1.54, 1.807) is 20.8 Å². The van der Waals surface area contributed by atoms with Crippen molar-refractivity contribution >= 4 is 11.9 Å². The second kappa shape index (κ2) is 4.85. The van der Waals surface area contributed by atoms with Crippen molar-refractivity contribution in [3.63, 3.8) is 0 Å². The van der Waals surface area contributed by atoms with Gasteiger partial charge in [-0.25, -0.2) is 4.79 Å². The second-order valence-electron chi connectivity index (χ2n) is 5.72. The fraction of sp³-hybridized carbons (Fsp3) is 0.833. The molecule has 1 rings (SSSR count). The summed E-state index contributed by atoms with van der Waals surface area (Å²) in [5.74, 6) is -1.72. The quantitative estimate of drug-likeness (QED) is 0.676. The number of esters is 2. The summed E-state index contributed by atoms with van der Waals surface area (Å²) in [7, 11) is 1.26. The van der Waals surface area contributed by atoms with Crippen molar-refractivity contribution in [3.8, 4) is 0 Å². The highest BCUT2D eigenvalue weighted by atomic mass is 16.6. The summed E-state index contributed by atoms with van der Waals surface area (Å²) in [5.41, 5.74) is 3.68. The van der Waals surface area contributed by atoms with Crippen molar-refractivity contribution < 1.29 is 24.2 Å². The number of hydrogen-bond donors (Lipinski definition) is 2. The number of aliphatic hydroxyl groups is 1. The molecule has 6 nitrogen and oxygen atoms in total. The summed E-state index contributed by atoms with van der Waals surface area (Å²) in [5, 5.41) is 9.90. The first-order valence-corrected chi connectivity index (χ1v) is 5.88. The van der Waals surface area contributed by atoms with Crippen LogP contribution in [0.2, 0.25) is 0 Å². The molecule has 0 aromatic carbocycles. The molecule has 0 aromatic heterocycles. The van der Waals surface area contributed by atoms with Crippen LogP contribution < -0.4 is 5.73 Å². The van der Waals surface area contributed by atoms with Crippen LogP contribution in [0.5, 0.6) is 0 Å². The van der Waals surface area contributed by atoms with Gasteiger partial charge in [0.1, 0.15) is 11.1 Å². The topological polar surface area (TPSA) is 98.9 Å². The molecule has 1 saturated carbocycles. The van der Waals surface area contributed by atoms with E-state index in [-0.39, 0.29) is 12.8 Å². The number of carbonyl (C=O) groups excluding carboxylic acids is 2. The zero-order chi connectivity index (χ0) is 14.1. The van der Waals surface area contributed by atoms with Crippen LogP contribution in [0.25, 0.3) is 0 Å². The average molecular weight is 259 g/mol. The highest BCUT2D eigenvalue weighted by molar-refractivity contribution is 5.84. The molecule has 0 aliphatic heterocycles. The number of ether oxygens (including phenoxy) is 2. The lowest BCUT2D eigenvalue weighted by molar-refractivity contribution is -0.165. The van der Waals surface area contributed by atoms with E-state index in [0.717, 1.165) is 0 Å². The lowest BCUT2D eigenvalue weighted by Gasteiger charge is -2.30. The van der Waals surface area contributed by atoms with E-state index in [1.807, 2.05) is 0 Å². The monoisotopic (exact) mass is 259 g/mol. The predicted molar refractivity (Wildman–Crippen MR) is 63.5 cm³/mol. The molecule has 18 heavy (non-hydrogen) atoms. The van der Waals surface area contributed by atoms with Gasteiger partial charge in [0.25, 0.3) is 0 Å². The fourth-order valence-corrected chi connectivity index (χ4v) is 2.05. The number of carbonyl (C=O) groups is 2. The Morgan fingerprint density at radius 3 is 2.39 bits per heavy atom. The average Bonchev–Trinajstić information content (AvgIpc) is 2.53. The van der Waals surface area contributed by atoms with Crippen LogP contribution in [0, 0.1) is 5.92 Å². The zero-order valence-electron chi connectivity index (χ0n) is 11.2. The molecule has 104 valence electrons. The molecule has 1 fully saturated rings. The van der Waals surface area contributed by atoms with Crippen LogP contribution in [-0.4, -0.2) is 41.4 Å². The largest absolute Gasteiger partial charge is 0.469 e. The van der Waals surface area contributed by atoms with Crippen LogP contribution >= 0.6 is 0 Å². The molecule has 1 aliphatic rings. The molecule has 0 aromatic rings. The fourth-order valence-electron chi connectivity index (χ4n) is 2.05. The summed E-state index contributed by atoms with van der Waals surface area (Å²) in [6.07, 6.45) is -0.950. The molecular weight excluding hydrogens is 238 g/mol. The second-order valence-corrected chi connectivity index (χ2v) is 5.72. The maximum atomic E-state index is 12.0.